The summed E-state index contributed by atoms with van der Waals surface area (Å²) in [7, 11) is -4.25. The molecule has 2 aromatic carbocycles. The molecule has 0 aromatic heterocycles. The number of amides is 1. The van der Waals surface area contributed by atoms with E-state index in [1.165, 1.54) is 24.3 Å². The molecule has 1 amide bonds. The first-order chi connectivity index (χ1) is 13.4. The molecule has 2 N–H and O–H groups in total. The molecular formula is C19H21N3O5S. The molecule has 1 saturated carbocycles. The van der Waals surface area contributed by atoms with E-state index in [1.807, 2.05) is 0 Å². The van der Waals surface area contributed by atoms with Gasteiger partial charge in [0.25, 0.3) is 21.6 Å². The number of carbonyl (C=O) groups is 1. The normalized spacial score (nSPS) is 15.0. The number of sulfonamides is 1. The maximum atomic E-state index is 12.7. The van der Waals surface area contributed by atoms with E-state index in [2.05, 4.69) is 10.0 Å². The van der Waals surface area contributed by atoms with Gasteiger partial charge in [0.2, 0.25) is 0 Å². The van der Waals surface area contributed by atoms with E-state index in [1.54, 1.807) is 12.1 Å². The minimum absolute atomic E-state index is 0.0705. The molecule has 9 heteroatoms. The molecule has 0 heterocycles. The van der Waals surface area contributed by atoms with Gasteiger partial charge in [0.05, 0.1) is 16.2 Å². The fraction of sp³-hybridized carbons (Fsp3) is 0.316. The number of anilines is 1. The van der Waals surface area contributed by atoms with Gasteiger partial charge in [-0.2, -0.15) is 0 Å². The van der Waals surface area contributed by atoms with Gasteiger partial charge in [-0.05, 0) is 31.0 Å². The number of rotatable bonds is 6. The number of nitrogens with one attached hydrogen (secondary N) is 2. The molecule has 0 bridgehead atoms. The lowest BCUT2D eigenvalue weighted by atomic mass is 9.95. The van der Waals surface area contributed by atoms with Crippen molar-refractivity contribution in [1.82, 2.24) is 5.32 Å². The lowest BCUT2D eigenvalue weighted by molar-refractivity contribution is -0.387. The first-order valence-electron chi connectivity index (χ1n) is 9.04. The van der Waals surface area contributed by atoms with Gasteiger partial charge in [-0.1, -0.05) is 43.5 Å². The highest BCUT2D eigenvalue weighted by Crippen LogP contribution is 2.27. The second kappa shape index (κ2) is 8.39. The molecule has 28 heavy (non-hydrogen) atoms. The molecule has 0 aliphatic heterocycles. The first-order valence-corrected chi connectivity index (χ1v) is 10.5. The predicted octanol–water partition coefficient (Wildman–Crippen LogP) is 3.46. The van der Waals surface area contributed by atoms with E-state index in [-0.39, 0.29) is 23.2 Å². The number of carbonyl (C=O) groups excluding carboxylic acids is 1. The zero-order chi connectivity index (χ0) is 20.1. The van der Waals surface area contributed by atoms with Gasteiger partial charge in [-0.3, -0.25) is 19.6 Å². The van der Waals surface area contributed by atoms with Gasteiger partial charge in [-0.15, -0.1) is 0 Å². The van der Waals surface area contributed by atoms with Crippen LogP contribution in [0.5, 0.6) is 0 Å². The third kappa shape index (κ3) is 4.48. The summed E-state index contributed by atoms with van der Waals surface area (Å²) in [5, 5.41) is 14.1. The summed E-state index contributed by atoms with van der Waals surface area (Å²) in [5.74, 6) is -0.368. The van der Waals surface area contributed by atoms with Crippen LogP contribution in [0.25, 0.3) is 0 Å². The summed E-state index contributed by atoms with van der Waals surface area (Å²) in [4.78, 5) is 22.6. The fourth-order valence-corrected chi connectivity index (χ4v) is 4.57. The summed E-state index contributed by atoms with van der Waals surface area (Å²) in [5.41, 5.74) is -0.275. The Hall–Kier alpha value is -2.94. The van der Waals surface area contributed by atoms with E-state index < -0.39 is 25.5 Å². The zero-order valence-corrected chi connectivity index (χ0v) is 15.9. The molecule has 0 saturated heterocycles. The van der Waals surface area contributed by atoms with Crippen molar-refractivity contribution in [1.29, 1.82) is 0 Å². The van der Waals surface area contributed by atoms with Crippen LogP contribution in [-0.4, -0.2) is 25.3 Å². The van der Waals surface area contributed by atoms with Crippen LogP contribution in [0.1, 0.15) is 42.5 Å². The zero-order valence-electron chi connectivity index (χ0n) is 15.1. The Morgan fingerprint density at radius 1 is 1.00 bits per heavy atom. The average molecular weight is 403 g/mol. The Bertz CT molecular complexity index is 985. The van der Waals surface area contributed by atoms with Crippen LogP contribution in [-0.2, 0) is 10.0 Å². The van der Waals surface area contributed by atoms with Crippen molar-refractivity contribution in [3.05, 3.63) is 64.2 Å². The van der Waals surface area contributed by atoms with Crippen molar-refractivity contribution in [2.45, 2.75) is 43.0 Å². The van der Waals surface area contributed by atoms with Crippen LogP contribution in [0.2, 0.25) is 0 Å². The predicted molar refractivity (Wildman–Crippen MR) is 105 cm³/mol. The van der Waals surface area contributed by atoms with Gasteiger partial charge < -0.3 is 5.32 Å². The van der Waals surface area contributed by atoms with E-state index in [0.29, 0.717) is 0 Å². The molecule has 0 atom stereocenters. The van der Waals surface area contributed by atoms with Gasteiger partial charge in [-0.25, -0.2) is 8.42 Å². The molecule has 0 unspecified atom stereocenters. The van der Waals surface area contributed by atoms with E-state index in [9.17, 15) is 23.3 Å². The summed E-state index contributed by atoms with van der Waals surface area (Å²) in [6, 6.07) is 11.4. The highest BCUT2D eigenvalue weighted by atomic mass is 32.2. The lowest BCUT2D eigenvalue weighted by Crippen LogP contribution is -2.36. The van der Waals surface area contributed by atoms with Gasteiger partial charge in [0.1, 0.15) is 0 Å². The van der Waals surface area contributed by atoms with Crippen molar-refractivity contribution in [2.75, 3.05) is 4.72 Å². The second-order valence-corrected chi connectivity index (χ2v) is 8.34. The maximum Gasteiger partial charge on any atom is 0.289 e. The molecule has 1 aliphatic rings. The highest BCUT2D eigenvalue weighted by Gasteiger charge is 2.27. The van der Waals surface area contributed by atoms with E-state index >= 15 is 0 Å². The van der Waals surface area contributed by atoms with Gasteiger partial charge in [0.15, 0.2) is 4.90 Å². The topological polar surface area (TPSA) is 118 Å². The number of para-hydroxylation sites is 2. The number of benzene rings is 2. The highest BCUT2D eigenvalue weighted by molar-refractivity contribution is 7.92. The molecule has 2 aromatic rings. The second-order valence-electron chi connectivity index (χ2n) is 6.68. The van der Waals surface area contributed by atoms with E-state index in [4.69, 9.17) is 0 Å². The third-order valence-electron chi connectivity index (χ3n) is 4.71. The number of hydrogen-bond acceptors (Lipinski definition) is 5. The Morgan fingerprint density at radius 2 is 1.64 bits per heavy atom. The monoisotopic (exact) mass is 403 g/mol. The molecular weight excluding hydrogens is 382 g/mol. The fourth-order valence-electron chi connectivity index (χ4n) is 3.32. The van der Waals surface area contributed by atoms with Crippen LogP contribution in [0.15, 0.2) is 53.4 Å². The van der Waals surface area contributed by atoms with Crippen LogP contribution >= 0.6 is 0 Å². The van der Waals surface area contributed by atoms with Crippen LogP contribution < -0.4 is 10.0 Å². The Kier molecular flexibility index (Phi) is 5.93. The minimum Gasteiger partial charge on any atom is -0.349 e. The number of hydrogen-bond donors (Lipinski definition) is 2. The Balaban J connectivity index is 1.87. The number of nitro benzene ring substituents is 1. The van der Waals surface area contributed by atoms with Gasteiger partial charge >= 0.3 is 0 Å². The van der Waals surface area contributed by atoms with Crippen molar-refractivity contribution in [3.8, 4) is 0 Å². The number of nitro groups is 1. The summed E-state index contributed by atoms with van der Waals surface area (Å²) in [6.45, 7) is 0. The molecule has 3 rings (SSSR count). The molecule has 8 nitrogen and oxygen atoms in total. The Labute approximate surface area is 163 Å². The maximum absolute atomic E-state index is 12.7. The molecule has 0 spiro atoms. The summed E-state index contributed by atoms with van der Waals surface area (Å²) < 4.78 is 27.8. The van der Waals surface area contributed by atoms with Crippen molar-refractivity contribution < 1.29 is 18.1 Å². The molecule has 148 valence electrons. The van der Waals surface area contributed by atoms with Crippen LogP contribution in [0.4, 0.5) is 11.4 Å². The van der Waals surface area contributed by atoms with Crippen LogP contribution in [0, 0.1) is 10.1 Å². The molecule has 1 fully saturated rings. The SMILES string of the molecule is O=C(NC1CCCCC1)c1ccccc1NS(=O)(=O)c1ccccc1[N+](=O)[O-]. The molecule has 0 radical (unpaired) electrons. The van der Waals surface area contributed by atoms with Gasteiger partial charge in [0, 0.05) is 12.1 Å². The largest absolute Gasteiger partial charge is 0.349 e. The lowest BCUT2D eigenvalue weighted by Gasteiger charge is -2.23. The standard InChI is InChI=1S/C19H21N3O5S/c23-19(20-14-8-2-1-3-9-14)15-10-4-5-11-16(15)21-28(26,27)18-13-7-6-12-17(18)22(24)25/h4-7,10-14,21H,1-3,8-9H2,(H,20,23). The third-order valence-corrected chi connectivity index (χ3v) is 6.12. The summed E-state index contributed by atoms with van der Waals surface area (Å²) >= 11 is 0. The minimum atomic E-state index is -4.25. The smallest absolute Gasteiger partial charge is 0.289 e. The van der Waals surface area contributed by atoms with Crippen molar-refractivity contribution in [2.24, 2.45) is 0 Å². The summed E-state index contributed by atoms with van der Waals surface area (Å²) in [6.07, 6.45) is 5.05. The average Bonchev–Trinajstić information content (AvgIpc) is 2.69. The van der Waals surface area contributed by atoms with Crippen LogP contribution in [0.3, 0.4) is 0 Å². The number of nitrogens with zero attached hydrogens (tertiary/aromatic N) is 1. The quantitative estimate of drug-likeness (QED) is 0.566. The van der Waals surface area contributed by atoms with Crippen molar-refractivity contribution in [3.63, 3.8) is 0 Å². The van der Waals surface area contributed by atoms with Crippen molar-refractivity contribution >= 4 is 27.3 Å². The Morgan fingerprint density at radius 3 is 2.36 bits per heavy atom. The first kappa shape index (κ1) is 19.8. The van der Waals surface area contributed by atoms with E-state index in [0.717, 1.165) is 44.2 Å². The molecule has 1 aliphatic carbocycles.